The van der Waals surface area contributed by atoms with Crippen molar-refractivity contribution >= 4 is 44.8 Å². The molecule has 1 heterocycles. The molecule has 0 saturated heterocycles. The number of ether oxygens (including phenoxy) is 1. The molecular weight excluding hydrogens is 342 g/mol. The number of esters is 1. The lowest BCUT2D eigenvalue weighted by atomic mass is 10.3. The monoisotopic (exact) mass is 353 g/mol. The van der Waals surface area contributed by atoms with Crippen molar-refractivity contribution in [2.45, 2.75) is 6.42 Å². The third kappa shape index (κ3) is 4.47. The van der Waals surface area contributed by atoms with Crippen LogP contribution in [-0.2, 0) is 20.7 Å². The summed E-state index contributed by atoms with van der Waals surface area (Å²) in [6.45, 7) is -0.286. The highest BCUT2D eigenvalue weighted by Crippen LogP contribution is 2.20. The SMILES string of the molecule is O=C(COC(=O)Cc1cccs1)Nc1ccccc1Br. The molecule has 0 radical (unpaired) electrons. The maximum atomic E-state index is 11.7. The number of carbonyl (C=O) groups is 2. The van der Waals surface area contributed by atoms with E-state index in [1.54, 1.807) is 6.07 Å². The minimum absolute atomic E-state index is 0.194. The van der Waals surface area contributed by atoms with Crippen molar-refractivity contribution in [3.8, 4) is 0 Å². The topological polar surface area (TPSA) is 55.4 Å². The van der Waals surface area contributed by atoms with Gasteiger partial charge < -0.3 is 10.1 Å². The molecule has 1 amide bonds. The van der Waals surface area contributed by atoms with E-state index in [2.05, 4.69) is 21.2 Å². The van der Waals surface area contributed by atoms with Gasteiger partial charge in [-0.3, -0.25) is 9.59 Å². The molecule has 2 aromatic rings. The molecule has 0 aliphatic heterocycles. The molecule has 2 rings (SSSR count). The smallest absolute Gasteiger partial charge is 0.311 e. The van der Waals surface area contributed by atoms with Gasteiger partial charge >= 0.3 is 5.97 Å². The standard InChI is InChI=1S/C14H12BrNO3S/c15-11-5-1-2-6-12(11)16-13(17)9-19-14(18)8-10-4-3-7-20-10/h1-7H,8-9H2,(H,16,17). The number of hydrogen-bond acceptors (Lipinski definition) is 4. The number of rotatable bonds is 5. The van der Waals surface area contributed by atoms with Crippen LogP contribution in [0.4, 0.5) is 5.69 Å². The van der Waals surface area contributed by atoms with E-state index in [0.717, 1.165) is 9.35 Å². The van der Waals surface area contributed by atoms with Crippen molar-refractivity contribution in [2.75, 3.05) is 11.9 Å². The highest BCUT2D eigenvalue weighted by Gasteiger charge is 2.10. The number of para-hydroxylation sites is 1. The molecule has 20 heavy (non-hydrogen) atoms. The van der Waals surface area contributed by atoms with E-state index >= 15 is 0 Å². The molecule has 0 atom stereocenters. The fourth-order valence-electron chi connectivity index (χ4n) is 1.50. The Morgan fingerprint density at radius 2 is 2.00 bits per heavy atom. The highest BCUT2D eigenvalue weighted by molar-refractivity contribution is 9.10. The van der Waals surface area contributed by atoms with Gasteiger partial charge in [0.1, 0.15) is 0 Å². The second kappa shape index (κ2) is 7.21. The van der Waals surface area contributed by atoms with Crippen molar-refractivity contribution in [3.63, 3.8) is 0 Å². The Kier molecular flexibility index (Phi) is 5.31. The van der Waals surface area contributed by atoms with Gasteiger partial charge in [0.25, 0.3) is 5.91 Å². The van der Waals surface area contributed by atoms with Crippen molar-refractivity contribution in [2.24, 2.45) is 0 Å². The largest absolute Gasteiger partial charge is 0.455 e. The first-order chi connectivity index (χ1) is 9.65. The molecule has 1 N–H and O–H groups in total. The zero-order valence-electron chi connectivity index (χ0n) is 10.5. The van der Waals surface area contributed by atoms with Crippen molar-refractivity contribution in [1.29, 1.82) is 0 Å². The summed E-state index contributed by atoms with van der Waals surface area (Å²) in [6, 6.07) is 11.0. The first-order valence-electron chi connectivity index (χ1n) is 5.87. The van der Waals surface area contributed by atoms with Gasteiger partial charge in [-0.05, 0) is 39.5 Å². The Bertz CT molecular complexity index is 598. The zero-order chi connectivity index (χ0) is 14.4. The molecule has 4 nitrogen and oxygen atoms in total. The van der Waals surface area contributed by atoms with Crippen LogP contribution in [0.1, 0.15) is 4.88 Å². The first kappa shape index (κ1) is 14.7. The average molecular weight is 354 g/mol. The Morgan fingerprint density at radius 3 is 2.70 bits per heavy atom. The summed E-state index contributed by atoms with van der Waals surface area (Å²) in [5.41, 5.74) is 0.645. The van der Waals surface area contributed by atoms with Gasteiger partial charge in [0.2, 0.25) is 0 Å². The Morgan fingerprint density at radius 1 is 1.20 bits per heavy atom. The Labute approximate surface area is 128 Å². The van der Waals surface area contributed by atoms with Crippen molar-refractivity contribution < 1.29 is 14.3 Å². The summed E-state index contributed by atoms with van der Waals surface area (Å²) < 4.78 is 5.71. The number of halogens is 1. The predicted octanol–water partition coefficient (Wildman–Crippen LogP) is 3.24. The Balaban J connectivity index is 1.78. The lowest BCUT2D eigenvalue weighted by Gasteiger charge is -2.07. The maximum absolute atomic E-state index is 11.7. The molecule has 0 aliphatic carbocycles. The van der Waals surface area contributed by atoms with E-state index in [1.807, 2.05) is 35.7 Å². The number of carbonyl (C=O) groups excluding carboxylic acids is 2. The molecule has 1 aromatic heterocycles. The lowest BCUT2D eigenvalue weighted by Crippen LogP contribution is -2.21. The summed E-state index contributed by atoms with van der Waals surface area (Å²) in [5, 5.41) is 4.56. The number of nitrogens with one attached hydrogen (secondary N) is 1. The maximum Gasteiger partial charge on any atom is 0.311 e. The lowest BCUT2D eigenvalue weighted by molar-refractivity contribution is -0.146. The number of thiophene rings is 1. The van der Waals surface area contributed by atoms with E-state index in [9.17, 15) is 9.59 Å². The summed E-state index contributed by atoms with van der Waals surface area (Å²) in [4.78, 5) is 24.1. The molecule has 104 valence electrons. The zero-order valence-corrected chi connectivity index (χ0v) is 12.9. The Hall–Kier alpha value is -1.66. The van der Waals surface area contributed by atoms with Gasteiger partial charge in [0, 0.05) is 9.35 Å². The number of hydrogen-bond donors (Lipinski definition) is 1. The molecule has 6 heteroatoms. The highest BCUT2D eigenvalue weighted by atomic mass is 79.9. The molecule has 0 bridgehead atoms. The molecule has 0 fully saturated rings. The quantitative estimate of drug-likeness (QED) is 0.839. The fraction of sp³-hybridized carbons (Fsp3) is 0.143. The van der Waals surface area contributed by atoms with Crippen LogP contribution in [0.3, 0.4) is 0 Å². The molecule has 1 aromatic carbocycles. The van der Waals surface area contributed by atoms with Gasteiger partial charge in [-0.1, -0.05) is 18.2 Å². The molecule has 0 unspecified atom stereocenters. The van der Waals surface area contributed by atoms with E-state index in [4.69, 9.17) is 4.74 Å². The van der Waals surface area contributed by atoms with Gasteiger partial charge in [0.05, 0.1) is 12.1 Å². The number of benzene rings is 1. The number of anilines is 1. The third-order valence-corrected chi connectivity index (χ3v) is 3.98. The summed E-state index contributed by atoms with van der Waals surface area (Å²) in [7, 11) is 0. The van der Waals surface area contributed by atoms with Crippen LogP contribution in [0.5, 0.6) is 0 Å². The predicted molar refractivity (Wildman–Crippen MR) is 81.8 cm³/mol. The molecule has 0 saturated carbocycles. The van der Waals surface area contributed by atoms with Crippen LogP contribution >= 0.6 is 27.3 Å². The van der Waals surface area contributed by atoms with Gasteiger partial charge in [-0.25, -0.2) is 0 Å². The van der Waals surface area contributed by atoms with E-state index < -0.39 is 5.97 Å². The third-order valence-electron chi connectivity index (χ3n) is 2.41. The van der Waals surface area contributed by atoms with Crippen LogP contribution in [0.25, 0.3) is 0 Å². The van der Waals surface area contributed by atoms with Gasteiger partial charge in [0.15, 0.2) is 6.61 Å². The second-order valence-corrected chi connectivity index (χ2v) is 5.83. The van der Waals surface area contributed by atoms with E-state index in [1.165, 1.54) is 11.3 Å². The molecular formula is C14H12BrNO3S. The van der Waals surface area contributed by atoms with Crippen molar-refractivity contribution in [1.82, 2.24) is 0 Å². The van der Waals surface area contributed by atoms with Crippen molar-refractivity contribution in [3.05, 3.63) is 51.1 Å². The van der Waals surface area contributed by atoms with Crippen LogP contribution in [-0.4, -0.2) is 18.5 Å². The normalized spacial score (nSPS) is 10.1. The number of amides is 1. The van der Waals surface area contributed by atoms with Crippen LogP contribution < -0.4 is 5.32 Å². The molecule has 0 spiro atoms. The van der Waals surface area contributed by atoms with Gasteiger partial charge in [-0.15, -0.1) is 11.3 Å². The van der Waals surface area contributed by atoms with Crippen LogP contribution in [0, 0.1) is 0 Å². The molecule has 0 aliphatic rings. The van der Waals surface area contributed by atoms with Crippen LogP contribution in [0.15, 0.2) is 46.3 Å². The van der Waals surface area contributed by atoms with E-state index in [0.29, 0.717) is 5.69 Å². The minimum atomic E-state index is -0.408. The second-order valence-electron chi connectivity index (χ2n) is 3.94. The summed E-state index contributed by atoms with van der Waals surface area (Å²) in [5.74, 6) is -0.772. The van der Waals surface area contributed by atoms with E-state index in [-0.39, 0.29) is 18.9 Å². The average Bonchev–Trinajstić information content (AvgIpc) is 2.92. The summed E-state index contributed by atoms with van der Waals surface area (Å²) in [6.07, 6.45) is 0.194. The van der Waals surface area contributed by atoms with Gasteiger partial charge in [-0.2, -0.15) is 0 Å². The summed E-state index contributed by atoms with van der Waals surface area (Å²) >= 11 is 4.81. The minimum Gasteiger partial charge on any atom is -0.455 e. The van der Waals surface area contributed by atoms with Crippen LogP contribution in [0.2, 0.25) is 0 Å². The fourth-order valence-corrected chi connectivity index (χ4v) is 2.58. The first-order valence-corrected chi connectivity index (χ1v) is 7.55.